The summed E-state index contributed by atoms with van der Waals surface area (Å²) in [7, 11) is -3.54. The van der Waals surface area contributed by atoms with Crippen molar-refractivity contribution >= 4 is 38.3 Å². The number of para-hydroxylation sites is 1. The van der Waals surface area contributed by atoms with Crippen LogP contribution in [0.4, 0.5) is 5.69 Å². The number of imidazole rings is 1. The summed E-state index contributed by atoms with van der Waals surface area (Å²) in [4.78, 5) is 7.62. The fourth-order valence-electron chi connectivity index (χ4n) is 5.50. The average molecular weight is 601 g/mol. The first-order chi connectivity index (χ1) is 20.3. The molecule has 1 fully saturated rings. The molecule has 1 aromatic heterocycles. The first-order valence-electron chi connectivity index (χ1n) is 14.1. The minimum atomic E-state index is -3.54. The van der Waals surface area contributed by atoms with Crippen molar-refractivity contribution in [2.24, 2.45) is 0 Å². The van der Waals surface area contributed by atoms with Crippen LogP contribution in [0.15, 0.2) is 102 Å². The number of aryl methyl sites for hydroxylation is 1. The van der Waals surface area contributed by atoms with E-state index in [0.29, 0.717) is 42.6 Å². The molecule has 0 bridgehead atoms. The molecule has 216 valence electrons. The van der Waals surface area contributed by atoms with E-state index in [9.17, 15) is 8.42 Å². The lowest BCUT2D eigenvalue weighted by atomic mass is 10.2. The van der Waals surface area contributed by atoms with E-state index in [1.54, 1.807) is 16.4 Å². The van der Waals surface area contributed by atoms with Crippen LogP contribution in [0.1, 0.15) is 30.0 Å². The number of sulfonamides is 1. The number of rotatable bonds is 8. The molecule has 9 heteroatoms. The zero-order valence-electron chi connectivity index (χ0n) is 23.7. The first-order valence-corrected chi connectivity index (χ1v) is 15.9. The molecular weight excluding hydrogens is 568 g/mol. The molecule has 1 aliphatic rings. The van der Waals surface area contributed by atoms with E-state index in [1.807, 2.05) is 86.6 Å². The van der Waals surface area contributed by atoms with Gasteiger partial charge in [-0.25, -0.2) is 13.4 Å². The normalized spacial score (nSPS) is 15.2. The Morgan fingerprint density at radius 3 is 2.29 bits per heavy atom. The summed E-state index contributed by atoms with van der Waals surface area (Å²) >= 11 is 6.16. The lowest BCUT2D eigenvalue weighted by Crippen LogP contribution is -2.48. The molecule has 42 heavy (non-hydrogen) atoms. The van der Waals surface area contributed by atoms with Gasteiger partial charge in [0.1, 0.15) is 5.75 Å². The highest BCUT2D eigenvalue weighted by Gasteiger charge is 2.30. The van der Waals surface area contributed by atoms with Crippen LogP contribution >= 0.6 is 11.6 Å². The lowest BCUT2D eigenvalue weighted by Gasteiger charge is -2.35. The molecule has 0 aliphatic carbocycles. The maximum absolute atomic E-state index is 13.3. The van der Waals surface area contributed by atoms with Crippen LogP contribution < -0.4 is 9.64 Å². The minimum Gasteiger partial charge on any atom is -0.483 e. The fraction of sp³-hybridized carbons (Fsp3) is 0.242. The number of fused-ring (bicyclic) bond motifs is 1. The third-order valence-electron chi connectivity index (χ3n) is 7.75. The molecule has 1 saturated heterocycles. The van der Waals surface area contributed by atoms with Crippen molar-refractivity contribution in [3.63, 3.8) is 0 Å². The highest BCUT2D eigenvalue weighted by Crippen LogP contribution is 2.30. The number of ether oxygens (including phenoxy) is 1. The molecule has 1 unspecified atom stereocenters. The Bertz CT molecular complexity index is 1800. The molecular formula is C33H33ClN4O3S. The molecule has 6 rings (SSSR count). The van der Waals surface area contributed by atoms with E-state index in [1.165, 1.54) is 0 Å². The number of benzene rings is 4. The molecule has 1 aliphatic heterocycles. The Morgan fingerprint density at radius 2 is 1.57 bits per heavy atom. The third-order valence-corrected chi connectivity index (χ3v) is 10.1. The van der Waals surface area contributed by atoms with Gasteiger partial charge in [0.05, 0.1) is 15.9 Å². The predicted molar refractivity (Wildman–Crippen MR) is 168 cm³/mol. The molecule has 0 spiro atoms. The van der Waals surface area contributed by atoms with Crippen molar-refractivity contribution in [1.82, 2.24) is 13.9 Å². The smallest absolute Gasteiger partial charge is 0.243 e. The fourth-order valence-corrected chi connectivity index (χ4v) is 7.28. The Labute approximate surface area is 252 Å². The van der Waals surface area contributed by atoms with Crippen molar-refractivity contribution in [1.29, 1.82) is 0 Å². The highest BCUT2D eigenvalue weighted by atomic mass is 35.5. The van der Waals surface area contributed by atoms with E-state index >= 15 is 0 Å². The van der Waals surface area contributed by atoms with Gasteiger partial charge in [0, 0.05) is 43.4 Å². The molecule has 0 saturated carbocycles. The number of nitrogens with zero attached hydrogens (tertiary/aromatic N) is 4. The quantitative estimate of drug-likeness (QED) is 0.198. The molecule has 7 nitrogen and oxygen atoms in total. The van der Waals surface area contributed by atoms with Gasteiger partial charge in [-0.1, -0.05) is 60.1 Å². The van der Waals surface area contributed by atoms with Gasteiger partial charge >= 0.3 is 0 Å². The summed E-state index contributed by atoms with van der Waals surface area (Å²) in [5, 5.41) is 0.695. The summed E-state index contributed by atoms with van der Waals surface area (Å²) in [5.74, 6) is 1.62. The second kappa shape index (κ2) is 11.8. The third kappa shape index (κ3) is 5.75. The van der Waals surface area contributed by atoms with Crippen LogP contribution in [-0.4, -0.2) is 48.5 Å². The van der Waals surface area contributed by atoms with Crippen LogP contribution in [0.3, 0.4) is 0 Å². The Balaban J connectivity index is 1.29. The predicted octanol–water partition coefficient (Wildman–Crippen LogP) is 6.70. The van der Waals surface area contributed by atoms with Crippen molar-refractivity contribution in [3.8, 4) is 5.75 Å². The molecule has 0 N–H and O–H groups in total. The van der Waals surface area contributed by atoms with E-state index in [2.05, 4.69) is 21.6 Å². The number of hydrogen-bond acceptors (Lipinski definition) is 5. The molecule has 1 atom stereocenters. The Kier molecular flexibility index (Phi) is 7.94. The van der Waals surface area contributed by atoms with Gasteiger partial charge in [-0.05, 0) is 73.5 Å². The van der Waals surface area contributed by atoms with Crippen LogP contribution in [0.25, 0.3) is 11.0 Å². The number of halogens is 1. The van der Waals surface area contributed by atoms with Crippen molar-refractivity contribution in [2.45, 2.75) is 31.4 Å². The van der Waals surface area contributed by atoms with Crippen LogP contribution in [0, 0.1) is 6.92 Å². The second-order valence-electron chi connectivity index (χ2n) is 10.6. The topological polar surface area (TPSA) is 67.7 Å². The number of hydrogen-bond donors (Lipinski definition) is 0. The largest absolute Gasteiger partial charge is 0.483 e. The summed E-state index contributed by atoms with van der Waals surface area (Å²) in [6.45, 7) is 6.51. The van der Waals surface area contributed by atoms with Crippen molar-refractivity contribution in [3.05, 3.63) is 119 Å². The van der Waals surface area contributed by atoms with E-state index in [0.717, 1.165) is 39.4 Å². The van der Waals surface area contributed by atoms with Gasteiger partial charge in [0.25, 0.3) is 0 Å². The lowest BCUT2D eigenvalue weighted by molar-refractivity contribution is 0.212. The average Bonchev–Trinajstić information content (AvgIpc) is 3.36. The van der Waals surface area contributed by atoms with Crippen LogP contribution in [0.5, 0.6) is 5.75 Å². The standard InChI is InChI=1S/C33H33ClN4O3S/c1-24-8-6-7-11-32(24)42(39,40)37-20-18-36(19-21-37)28-16-17-30-31(22-28)38(23-26-12-14-27(34)15-13-26)33(35-30)25(2)41-29-9-4-3-5-10-29/h3-17,22,25H,18-21,23H2,1-2H3. The maximum atomic E-state index is 13.3. The van der Waals surface area contributed by atoms with Gasteiger partial charge in [0.2, 0.25) is 10.0 Å². The van der Waals surface area contributed by atoms with Gasteiger partial charge in [0.15, 0.2) is 11.9 Å². The number of piperazine rings is 1. The first kappa shape index (κ1) is 28.3. The van der Waals surface area contributed by atoms with Gasteiger partial charge in [-0.2, -0.15) is 4.31 Å². The molecule has 5 aromatic rings. The maximum Gasteiger partial charge on any atom is 0.243 e. The van der Waals surface area contributed by atoms with Gasteiger partial charge < -0.3 is 14.2 Å². The summed E-state index contributed by atoms with van der Waals surface area (Å²) in [6, 6.07) is 31.0. The zero-order chi connectivity index (χ0) is 29.3. The minimum absolute atomic E-state index is 0.286. The number of anilines is 1. The van der Waals surface area contributed by atoms with Gasteiger partial charge in [-0.3, -0.25) is 0 Å². The summed E-state index contributed by atoms with van der Waals surface area (Å²) in [6.07, 6.45) is -0.286. The van der Waals surface area contributed by atoms with Crippen LogP contribution in [-0.2, 0) is 16.6 Å². The Hall–Kier alpha value is -3.85. The molecule has 2 heterocycles. The van der Waals surface area contributed by atoms with E-state index < -0.39 is 10.0 Å². The van der Waals surface area contributed by atoms with Gasteiger partial charge in [-0.15, -0.1) is 0 Å². The number of aromatic nitrogens is 2. The molecule has 4 aromatic carbocycles. The Morgan fingerprint density at radius 1 is 0.881 bits per heavy atom. The summed E-state index contributed by atoms with van der Waals surface area (Å²) in [5.41, 5.74) is 4.78. The SMILES string of the molecule is Cc1ccccc1S(=O)(=O)N1CCN(c2ccc3nc(C(C)Oc4ccccc4)n(Cc4ccc(Cl)cc4)c3c2)CC1. The van der Waals surface area contributed by atoms with E-state index in [4.69, 9.17) is 21.3 Å². The van der Waals surface area contributed by atoms with E-state index in [-0.39, 0.29) is 6.10 Å². The molecule has 0 radical (unpaired) electrons. The summed E-state index contributed by atoms with van der Waals surface area (Å²) < 4.78 is 36.8. The van der Waals surface area contributed by atoms with Crippen molar-refractivity contribution < 1.29 is 13.2 Å². The van der Waals surface area contributed by atoms with Crippen LogP contribution in [0.2, 0.25) is 5.02 Å². The second-order valence-corrected chi connectivity index (χ2v) is 12.9. The highest BCUT2D eigenvalue weighted by molar-refractivity contribution is 7.89. The van der Waals surface area contributed by atoms with Crippen molar-refractivity contribution in [2.75, 3.05) is 31.1 Å². The zero-order valence-corrected chi connectivity index (χ0v) is 25.2. The molecule has 0 amide bonds. The monoisotopic (exact) mass is 600 g/mol.